The van der Waals surface area contributed by atoms with Crippen molar-refractivity contribution >= 4 is 46.2 Å². The lowest BCUT2D eigenvalue weighted by Crippen LogP contribution is -2.27. The van der Waals surface area contributed by atoms with Crippen LogP contribution in [0.1, 0.15) is 145 Å². The molecule has 0 amide bonds. The van der Waals surface area contributed by atoms with Crippen LogP contribution in [0, 0.1) is 0 Å². The highest BCUT2D eigenvalue weighted by Crippen LogP contribution is 2.39. The molecule has 0 heterocycles. The van der Waals surface area contributed by atoms with Crippen molar-refractivity contribution < 1.29 is 0 Å². The van der Waals surface area contributed by atoms with Crippen molar-refractivity contribution in [1.29, 1.82) is 0 Å². The molecule has 0 atom stereocenters. The summed E-state index contributed by atoms with van der Waals surface area (Å²) in [5, 5.41) is 5.30. The van der Waals surface area contributed by atoms with Gasteiger partial charge in [0.1, 0.15) is 0 Å². The van der Waals surface area contributed by atoms with Gasteiger partial charge in [0.2, 0.25) is 0 Å². The average molecular weight is 1010 g/mol. The zero-order valence-corrected chi connectivity index (χ0v) is 47.0. The predicted octanol–water partition coefficient (Wildman–Crippen LogP) is 22.1. The van der Waals surface area contributed by atoms with Gasteiger partial charge in [-0.1, -0.05) is 290 Å². The van der Waals surface area contributed by atoms with Gasteiger partial charge in [-0.15, -0.1) is 6.58 Å². The maximum absolute atomic E-state index is 4.16. The lowest BCUT2D eigenvalue weighted by Gasteiger charge is -2.18. The molecule has 0 radical (unpaired) electrons. The molecule has 6 aromatic carbocycles. The van der Waals surface area contributed by atoms with Gasteiger partial charge in [0.05, 0.1) is 0 Å². The second kappa shape index (κ2) is 34.9. The molecule has 0 spiro atoms. The van der Waals surface area contributed by atoms with E-state index in [0.717, 1.165) is 31.3 Å². The molecule has 0 saturated carbocycles. The Hall–Kier alpha value is -7.54. The van der Waals surface area contributed by atoms with E-state index in [2.05, 4.69) is 246 Å². The number of allylic oxidation sites excluding steroid dienone is 18. The first-order valence-corrected chi connectivity index (χ1v) is 27.5. The fraction of sp³-hybridized carbons (Fsp3) is 0.237. The number of hydrogen-bond donors (Lipinski definition) is 0. The Morgan fingerprint density at radius 1 is 0.566 bits per heavy atom. The summed E-state index contributed by atoms with van der Waals surface area (Å²) < 4.78 is 0. The van der Waals surface area contributed by atoms with E-state index in [1.165, 1.54) is 105 Å². The molecule has 0 saturated heterocycles. The molecule has 4 aliphatic carbocycles. The van der Waals surface area contributed by atoms with Gasteiger partial charge in [0, 0.05) is 0 Å². The van der Waals surface area contributed by atoms with Crippen molar-refractivity contribution in [1.82, 2.24) is 0 Å². The zero-order chi connectivity index (χ0) is 53.8. The van der Waals surface area contributed by atoms with Crippen LogP contribution in [0.15, 0.2) is 235 Å². The third-order valence-corrected chi connectivity index (χ3v) is 12.7. The van der Waals surface area contributed by atoms with E-state index in [4.69, 9.17) is 0 Å². The standard InChI is InChI=1S/C36H28.C27H26.C3H6.4C2H6.2CH4/c1-2-26(29-17-11-18-30(25-29)27-13-5-3-6-14-27)23-24-33-31-19-9-10-20-34(31)36(28-15-7-4-8-16-28)35-22-12-21-32(33)35;1-4-20-11-16-25(24-14-13-22-7-6-8-23(22)18-24)26-15-10-19(3)9-12-21(5-2)27(26)17-20;1-3-2;4*1-2;;/h2-11,13-25H,12H2,1H3;4,6,8-16,18H,3,5,7,17H2,1-2H3;3H,1H2,2H3;4*1-2H3;2*1H4/b24-23?,26-2+;12-9-,15-10-,20-4-,27-21-;;;;;;;. The topological polar surface area (TPSA) is 0 Å². The molecular formula is C76H92. The van der Waals surface area contributed by atoms with Gasteiger partial charge in [0.25, 0.3) is 0 Å². The molecule has 0 unspecified atom stereocenters. The van der Waals surface area contributed by atoms with Crippen molar-refractivity contribution in [3.05, 3.63) is 274 Å². The van der Waals surface area contributed by atoms with Crippen LogP contribution in [-0.2, 0) is 6.42 Å². The SMILES string of the molecule is C.C.C/C=C(\C=Cc1c2c(c(-c3ccccc3)c3ccccc13)=CCC=2)c1cccc(-c2ccccc2)c1.C=C1/C=C\C2=C(c3ccc4c(c3)C=CC4)C=C/C(=C/C)C/C2=C(CC)/C=C\1.C=CC.CC.CC.CC.CC. The van der Waals surface area contributed by atoms with Gasteiger partial charge < -0.3 is 0 Å². The number of rotatable bonds is 7. The van der Waals surface area contributed by atoms with Gasteiger partial charge in [0.15, 0.2) is 0 Å². The van der Waals surface area contributed by atoms with E-state index in [0.29, 0.717) is 0 Å². The zero-order valence-electron chi connectivity index (χ0n) is 47.0. The van der Waals surface area contributed by atoms with E-state index in [-0.39, 0.29) is 14.9 Å². The van der Waals surface area contributed by atoms with E-state index >= 15 is 0 Å². The average Bonchev–Trinajstić information content (AvgIpc) is 4.12. The second-order valence-electron chi connectivity index (χ2n) is 16.9. The minimum atomic E-state index is 0. The highest BCUT2D eigenvalue weighted by Gasteiger charge is 2.19. The van der Waals surface area contributed by atoms with Gasteiger partial charge in [-0.2, -0.15) is 0 Å². The van der Waals surface area contributed by atoms with Crippen LogP contribution in [0.25, 0.3) is 68.5 Å². The summed E-state index contributed by atoms with van der Waals surface area (Å²) in [6.45, 7) is 31.9. The third kappa shape index (κ3) is 16.2. The first kappa shape index (κ1) is 64.6. The molecule has 6 aromatic rings. The van der Waals surface area contributed by atoms with Crippen LogP contribution in [0.2, 0.25) is 0 Å². The third-order valence-electron chi connectivity index (χ3n) is 12.7. The summed E-state index contributed by atoms with van der Waals surface area (Å²) in [6, 6.07) is 45.9. The monoisotopic (exact) mass is 1000 g/mol. The Balaban J connectivity index is 0.000000441. The summed E-state index contributed by atoms with van der Waals surface area (Å²) in [4.78, 5) is 0. The lowest BCUT2D eigenvalue weighted by molar-refractivity contribution is 1.06. The first-order valence-electron chi connectivity index (χ1n) is 27.5. The molecule has 10 rings (SSSR count). The maximum Gasteiger partial charge on any atom is -0.00201 e. The van der Waals surface area contributed by atoms with Gasteiger partial charge >= 0.3 is 0 Å². The predicted molar refractivity (Wildman–Crippen MR) is 350 cm³/mol. The Morgan fingerprint density at radius 3 is 1.80 bits per heavy atom. The Labute approximate surface area is 463 Å². The molecule has 0 aromatic heterocycles. The second-order valence-corrected chi connectivity index (χ2v) is 16.9. The van der Waals surface area contributed by atoms with Crippen LogP contribution in [0.5, 0.6) is 0 Å². The molecule has 0 aliphatic heterocycles. The fourth-order valence-corrected chi connectivity index (χ4v) is 9.40. The van der Waals surface area contributed by atoms with Crippen LogP contribution >= 0.6 is 0 Å². The molecule has 0 bridgehead atoms. The van der Waals surface area contributed by atoms with Crippen LogP contribution in [0.3, 0.4) is 0 Å². The van der Waals surface area contributed by atoms with E-state index < -0.39 is 0 Å². The molecule has 396 valence electrons. The molecule has 76 heavy (non-hydrogen) atoms. The summed E-state index contributed by atoms with van der Waals surface area (Å²) in [5.74, 6) is 0. The Morgan fingerprint density at radius 2 is 1.16 bits per heavy atom. The summed E-state index contributed by atoms with van der Waals surface area (Å²) in [6.07, 6.45) is 37.4. The smallest absolute Gasteiger partial charge is 0.00201 e. The number of benzene rings is 6. The fourth-order valence-electron chi connectivity index (χ4n) is 9.40. The highest BCUT2D eigenvalue weighted by atomic mass is 14.2. The van der Waals surface area contributed by atoms with E-state index in [1.54, 1.807) is 6.08 Å². The Bertz CT molecular complexity index is 3210. The van der Waals surface area contributed by atoms with Crippen molar-refractivity contribution in [2.75, 3.05) is 0 Å². The van der Waals surface area contributed by atoms with Crippen molar-refractivity contribution in [2.24, 2.45) is 0 Å². The van der Waals surface area contributed by atoms with E-state index in [1.807, 2.05) is 62.3 Å². The number of fused-ring (bicyclic) bond motifs is 4. The van der Waals surface area contributed by atoms with Gasteiger partial charge in [-0.05, 0) is 169 Å². The molecule has 0 fully saturated rings. The Kier molecular flexibility index (Phi) is 29.6. The van der Waals surface area contributed by atoms with Crippen molar-refractivity contribution in [3.8, 4) is 22.3 Å². The molecule has 4 aliphatic rings. The molecule has 0 nitrogen and oxygen atoms in total. The normalized spacial score (nSPS) is 15.6. The molecular weight excluding hydrogens is 913 g/mol. The summed E-state index contributed by atoms with van der Waals surface area (Å²) >= 11 is 0. The van der Waals surface area contributed by atoms with Crippen molar-refractivity contribution in [3.63, 3.8) is 0 Å². The van der Waals surface area contributed by atoms with Gasteiger partial charge in [-0.25, -0.2) is 0 Å². The van der Waals surface area contributed by atoms with Crippen LogP contribution in [-0.4, -0.2) is 0 Å². The molecule has 0 N–H and O–H groups in total. The number of hydrogen-bond acceptors (Lipinski definition) is 0. The molecule has 0 heteroatoms. The summed E-state index contributed by atoms with van der Waals surface area (Å²) in [7, 11) is 0. The van der Waals surface area contributed by atoms with E-state index in [9.17, 15) is 0 Å². The summed E-state index contributed by atoms with van der Waals surface area (Å²) in [5.41, 5.74) is 20.8. The first-order chi connectivity index (χ1) is 36.4. The largest absolute Gasteiger partial charge is 0.103 e. The van der Waals surface area contributed by atoms with Gasteiger partial charge in [-0.3, -0.25) is 0 Å². The van der Waals surface area contributed by atoms with Crippen LogP contribution < -0.4 is 10.4 Å². The minimum Gasteiger partial charge on any atom is -0.103 e. The minimum absolute atomic E-state index is 0. The lowest BCUT2D eigenvalue weighted by atomic mass is 9.87. The van der Waals surface area contributed by atoms with Crippen LogP contribution in [0.4, 0.5) is 0 Å². The highest BCUT2D eigenvalue weighted by molar-refractivity contribution is 6.03. The van der Waals surface area contributed by atoms with Crippen molar-refractivity contribution in [2.45, 2.75) is 124 Å². The quantitative estimate of drug-likeness (QED) is 0.110. The maximum atomic E-state index is 4.16.